The first-order valence-corrected chi connectivity index (χ1v) is 10.1. The fourth-order valence-electron chi connectivity index (χ4n) is 3.54. The van der Waals surface area contributed by atoms with Gasteiger partial charge in [-0.3, -0.25) is 10.1 Å². The van der Waals surface area contributed by atoms with Crippen LogP contribution in [0.3, 0.4) is 0 Å². The zero-order chi connectivity index (χ0) is 20.5. The van der Waals surface area contributed by atoms with Gasteiger partial charge in [0.05, 0.1) is 13.2 Å². The maximum Gasteiger partial charge on any atom is 0.234 e. The van der Waals surface area contributed by atoms with Gasteiger partial charge in [-0.25, -0.2) is 4.39 Å². The van der Waals surface area contributed by atoms with Crippen molar-refractivity contribution < 1.29 is 18.7 Å². The summed E-state index contributed by atoms with van der Waals surface area (Å²) in [5.74, 6) is -0.336. The van der Waals surface area contributed by atoms with Crippen LogP contribution in [0.4, 0.5) is 4.39 Å². The standard InChI is InChI=1S/C23H29FN2O3/c1-2-28-17-19-5-3-18(4-6-19)15-25-22(27)16-26-23(11-13-29-14-12-23)20-7-9-21(24)10-8-20/h3-10,26H,2,11-17H2,1H3,(H,25,27). The molecule has 0 unspecified atom stereocenters. The third-order valence-corrected chi connectivity index (χ3v) is 5.32. The van der Waals surface area contributed by atoms with Gasteiger partial charge in [-0.1, -0.05) is 36.4 Å². The number of carbonyl (C=O) groups is 1. The van der Waals surface area contributed by atoms with Crippen LogP contribution in [0.5, 0.6) is 0 Å². The van der Waals surface area contributed by atoms with Crippen LogP contribution in [0.15, 0.2) is 48.5 Å². The Morgan fingerprint density at radius 2 is 1.72 bits per heavy atom. The molecule has 1 aliphatic heterocycles. The van der Waals surface area contributed by atoms with E-state index >= 15 is 0 Å². The predicted molar refractivity (Wildman–Crippen MR) is 110 cm³/mol. The van der Waals surface area contributed by atoms with Gasteiger partial charge in [0.25, 0.3) is 0 Å². The number of rotatable bonds is 9. The second-order valence-electron chi connectivity index (χ2n) is 7.29. The van der Waals surface area contributed by atoms with Crippen molar-refractivity contribution in [2.75, 3.05) is 26.4 Å². The van der Waals surface area contributed by atoms with Gasteiger partial charge >= 0.3 is 0 Å². The van der Waals surface area contributed by atoms with Crippen LogP contribution in [0.1, 0.15) is 36.5 Å². The molecule has 156 valence electrons. The molecule has 1 amide bonds. The monoisotopic (exact) mass is 400 g/mol. The summed E-state index contributed by atoms with van der Waals surface area (Å²) < 4.78 is 24.2. The highest BCUT2D eigenvalue weighted by atomic mass is 19.1. The van der Waals surface area contributed by atoms with Crippen molar-refractivity contribution in [1.82, 2.24) is 10.6 Å². The minimum absolute atomic E-state index is 0.0728. The van der Waals surface area contributed by atoms with E-state index in [0.717, 1.165) is 29.5 Å². The molecule has 0 atom stereocenters. The molecule has 0 aromatic heterocycles. The highest BCUT2D eigenvalue weighted by Gasteiger charge is 2.34. The lowest BCUT2D eigenvalue weighted by atomic mass is 9.82. The molecule has 0 spiro atoms. The van der Waals surface area contributed by atoms with E-state index in [0.29, 0.717) is 33.0 Å². The Kier molecular flexibility index (Phi) is 7.75. The minimum Gasteiger partial charge on any atom is -0.381 e. The van der Waals surface area contributed by atoms with Crippen molar-refractivity contribution >= 4 is 5.91 Å². The highest BCUT2D eigenvalue weighted by molar-refractivity contribution is 5.78. The second-order valence-corrected chi connectivity index (χ2v) is 7.29. The summed E-state index contributed by atoms with van der Waals surface area (Å²) in [6.45, 7) is 5.15. The van der Waals surface area contributed by atoms with E-state index < -0.39 is 0 Å². The van der Waals surface area contributed by atoms with E-state index in [1.165, 1.54) is 12.1 Å². The maximum atomic E-state index is 13.3. The quantitative estimate of drug-likeness (QED) is 0.678. The van der Waals surface area contributed by atoms with Gasteiger partial charge in [-0.15, -0.1) is 0 Å². The van der Waals surface area contributed by atoms with Crippen molar-refractivity contribution in [3.63, 3.8) is 0 Å². The molecule has 0 bridgehead atoms. The number of hydrogen-bond acceptors (Lipinski definition) is 4. The van der Waals surface area contributed by atoms with Crippen LogP contribution in [0, 0.1) is 5.82 Å². The first kappa shape index (κ1) is 21.4. The van der Waals surface area contributed by atoms with Gasteiger partial charge in [-0.05, 0) is 48.6 Å². The van der Waals surface area contributed by atoms with Crippen LogP contribution in [-0.4, -0.2) is 32.3 Å². The fourth-order valence-corrected chi connectivity index (χ4v) is 3.54. The Labute approximate surface area is 171 Å². The van der Waals surface area contributed by atoms with Gasteiger partial charge in [-0.2, -0.15) is 0 Å². The topological polar surface area (TPSA) is 59.6 Å². The van der Waals surface area contributed by atoms with Gasteiger partial charge in [0.2, 0.25) is 5.91 Å². The molecule has 0 saturated carbocycles. The van der Waals surface area contributed by atoms with Crippen molar-refractivity contribution in [3.05, 3.63) is 71.0 Å². The number of carbonyl (C=O) groups excluding carboxylic acids is 1. The summed E-state index contributed by atoms with van der Waals surface area (Å²) in [6.07, 6.45) is 1.49. The minimum atomic E-state index is -0.371. The smallest absolute Gasteiger partial charge is 0.234 e. The Balaban J connectivity index is 1.53. The van der Waals surface area contributed by atoms with Crippen LogP contribution in [0.2, 0.25) is 0 Å². The molecular formula is C23H29FN2O3. The molecule has 29 heavy (non-hydrogen) atoms. The number of halogens is 1. The summed E-state index contributed by atoms with van der Waals surface area (Å²) in [5, 5.41) is 6.36. The molecule has 0 aliphatic carbocycles. The summed E-state index contributed by atoms with van der Waals surface area (Å²) in [5.41, 5.74) is 2.77. The molecule has 0 radical (unpaired) electrons. The summed E-state index contributed by atoms with van der Waals surface area (Å²) in [6, 6.07) is 14.5. The molecule has 3 rings (SSSR count). The van der Waals surface area contributed by atoms with Gasteiger partial charge in [0.1, 0.15) is 5.82 Å². The van der Waals surface area contributed by atoms with Crippen LogP contribution in [-0.2, 0) is 33.0 Å². The maximum absolute atomic E-state index is 13.3. The van der Waals surface area contributed by atoms with Crippen LogP contribution < -0.4 is 10.6 Å². The average molecular weight is 400 g/mol. The molecule has 5 nitrogen and oxygen atoms in total. The summed E-state index contributed by atoms with van der Waals surface area (Å²) in [7, 11) is 0. The lowest BCUT2D eigenvalue weighted by Gasteiger charge is -2.38. The van der Waals surface area contributed by atoms with Crippen LogP contribution in [0.25, 0.3) is 0 Å². The summed E-state index contributed by atoms with van der Waals surface area (Å²) in [4.78, 5) is 12.4. The zero-order valence-electron chi connectivity index (χ0n) is 16.9. The van der Waals surface area contributed by atoms with Crippen molar-refractivity contribution in [3.8, 4) is 0 Å². The Morgan fingerprint density at radius 3 is 2.38 bits per heavy atom. The number of nitrogens with one attached hydrogen (secondary N) is 2. The lowest BCUT2D eigenvalue weighted by Crippen LogP contribution is -2.50. The van der Waals surface area contributed by atoms with E-state index in [9.17, 15) is 9.18 Å². The van der Waals surface area contributed by atoms with Crippen molar-refractivity contribution in [2.45, 2.75) is 38.5 Å². The molecule has 1 aliphatic rings. The van der Waals surface area contributed by atoms with E-state index in [4.69, 9.17) is 9.47 Å². The molecular weight excluding hydrogens is 371 g/mol. The number of ether oxygens (including phenoxy) is 2. The molecule has 6 heteroatoms. The van der Waals surface area contributed by atoms with Gasteiger partial charge < -0.3 is 14.8 Å². The number of hydrogen-bond donors (Lipinski definition) is 2. The van der Waals surface area contributed by atoms with E-state index in [1.54, 1.807) is 12.1 Å². The van der Waals surface area contributed by atoms with Gasteiger partial charge in [0.15, 0.2) is 0 Å². The zero-order valence-corrected chi connectivity index (χ0v) is 16.9. The highest BCUT2D eigenvalue weighted by Crippen LogP contribution is 2.32. The first-order chi connectivity index (χ1) is 14.1. The molecule has 1 fully saturated rings. The van der Waals surface area contributed by atoms with E-state index in [1.807, 2.05) is 31.2 Å². The van der Waals surface area contributed by atoms with E-state index in [2.05, 4.69) is 10.6 Å². The Hall–Kier alpha value is -2.28. The van der Waals surface area contributed by atoms with E-state index in [-0.39, 0.29) is 23.8 Å². The SMILES string of the molecule is CCOCc1ccc(CNC(=O)CNC2(c3ccc(F)cc3)CCOCC2)cc1. The van der Waals surface area contributed by atoms with Crippen molar-refractivity contribution in [2.24, 2.45) is 0 Å². The molecule has 2 aromatic carbocycles. The van der Waals surface area contributed by atoms with Gasteiger partial charge in [0, 0.05) is 31.9 Å². The van der Waals surface area contributed by atoms with Crippen LogP contribution >= 0.6 is 0 Å². The normalized spacial score (nSPS) is 15.8. The van der Waals surface area contributed by atoms with Crippen molar-refractivity contribution in [1.29, 1.82) is 0 Å². The largest absolute Gasteiger partial charge is 0.381 e. The first-order valence-electron chi connectivity index (χ1n) is 10.1. The predicted octanol–water partition coefficient (Wildman–Crippen LogP) is 3.27. The molecule has 1 saturated heterocycles. The average Bonchev–Trinajstić information content (AvgIpc) is 2.76. The third-order valence-electron chi connectivity index (χ3n) is 5.32. The molecule has 1 heterocycles. The molecule has 2 aromatic rings. The Morgan fingerprint density at radius 1 is 1.07 bits per heavy atom. The lowest BCUT2D eigenvalue weighted by molar-refractivity contribution is -0.121. The second kappa shape index (κ2) is 10.5. The number of benzene rings is 2. The fraction of sp³-hybridized carbons (Fsp3) is 0.435. The number of amides is 1. The molecule has 2 N–H and O–H groups in total. The summed E-state index contributed by atoms with van der Waals surface area (Å²) >= 11 is 0. The Bertz CT molecular complexity index is 772. The third kappa shape index (κ3) is 6.10.